The molecule has 2 heterocycles. The van der Waals surface area contributed by atoms with E-state index in [9.17, 15) is 9.18 Å². The van der Waals surface area contributed by atoms with Crippen LogP contribution in [0.5, 0.6) is 5.75 Å². The van der Waals surface area contributed by atoms with Gasteiger partial charge in [-0.1, -0.05) is 29.4 Å². The van der Waals surface area contributed by atoms with E-state index in [1.807, 2.05) is 24.3 Å². The van der Waals surface area contributed by atoms with Crippen LogP contribution in [0.3, 0.4) is 0 Å². The Bertz CT molecular complexity index is 950. The molecule has 1 aliphatic heterocycles. The molecule has 0 unspecified atom stereocenters. The van der Waals surface area contributed by atoms with Crippen LogP contribution < -0.4 is 4.74 Å². The fraction of sp³-hybridized carbons (Fsp3) is 0.211. The third kappa shape index (κ3) is 2.81. The lowest BCUT2D eigenvalue weighted by atomic mass is 9.98. The molecule has 1 fully saturated rings. The van der Waals surface area contributed by atoms with Crippen molar-refractivity contribution < 1.29 is 18.4 Å². The van der Waals surface area contributed by atoms with Crippen LogP contribution in [0.1, 0.15) is 22.2 Å². The maximum atomic E-state index is 13.7. The number of benzene rings is 2. The summed E-state index contributed by atoms with van der Waals surface area (Å²) in [6, 6.07) is 13.4. The number of carbonyl (C=O) groups is 1. The van der Waals surface area contributed by atoms with E-state index in [4.69, 9.17) is 9.26 Å². The molecule has 2 aromatic carbocycles. The molecule has 0 N–H and O–H groups in total. The van der Waals surface area contributed by atoms with Crippen molar-refractivity contribution >= 4 is 5.91 Å². The molecule has 1 amide bonds. The SMILES string of the molecule is COc1ccccc1-c1noc(C2CN(C(=O)c3ccccc3F)C2)n1. The van der Waals surface area contributed by atoms with Crippen LogP contribution >= 0.6 is 0 Å². The van der Waals surface area contributed by atoms with E-state index in [1.165, 1.54) is 12.1 Å². The molecule has 0 aliphatic carbocycles. The fourth-order valence-corrected chi connectivity index (χ4v) is 2.95. The molecule has 1 saturated heterocycles. The lowest BCUT2D eigenvalue weighted by Gasteiger charge is -2.37. The topological polar surface area (TPSA) is 68.5 Å². The minimum atomic E-state index is -0.516. The average Bonchev–Trinajstić information content (AvgIpc) is 3.10. The van der Waals surface area contributed by atoms with Gasteiger partial charge in [-0.25, -0.2) is 4.39 Å². The van der Waals surface area contributed by atoms with Crippen molar-refractivity contribution in [2.75, 3.05) is 20.2 Å². The first-order valence-electron chi connectivity index (χ1n) is 8.18. The number of aromatic nitrogens is 2. The third-order valence-corrected chi connectivity index (χ3v) is 4.41. The molecular formula is C19H16FN3O3. The highest BCUT2D eigenvalue weighted by Gasteiger charge is 2.36. The summed E-state index contributed by atoms with van der Waals surface area (Å²) >= 11 is 0. The van der Waals surface area contributed by atoms with E-state index in [0.29, 0.717) is 30.6 Å². The molecule has 0 saturated carbocycles. The Morgan fingerprint density at radius 2 is 1.92 bits per heavy atom. The number of hydrogen-bond donors (Lipinski definition) is 0. The zero-order chi connectivity index (χ0) is 18.1. The highest BCUT2D eigenvalue weighted by molar-refractivity contribution is 5.95. The van der Waals surface area contributed by atoms with Gasteiger partial charge in [-0.05, 0) is 24.3 Å². The summed E-state index contributed by atoms with van der Waals surface area (Å²) in [5.41, 5.74) is 0.815. The number of methoxy groups -OCH3 is 1. The van der Waals surface area contributed by atoms with Gasteiger partial charge in [-0.3, -0.25) is 4.79 Å². The number of hydrogen-bond acceptors (Lipinski definition) is 5. The van der Waals surface area contributed by atoms with Gasteiger partial charge in [0.15, 0.2) is 0 Å². The lowest BCUT2D eigenvalue weighted by molar-refractivity contribution is 0.0564. The quantitative estimate of drug-likeness (QED) is 0.721. The largest absolute Gasteiger partial charge is 0.496 e. The van der Waals surface area contributed by atoms with E-state index in [1.54, 1.807) is 24.1 Å². The third-order valence-electron chi connectivity index (χ3n) is 4.41. The van der Waals surface area contributed by atoms with E-state index < -0.39 is 5.82 Å². The normalized spacial score (nSPS) is 14.2. The highest BCUT2D eigenvalue weighted by atomic mass is 19.1. The first-order valence-corrected chi connectivity index (χ1v) is 8.18. The van der Waals surface area contributed by atoms with Crippen LogP contribution in [0.15, 0.2) is 53.1 Å². The van der Waals surface area contributed by atoms with Gasteiger partial charge in [-0.2, -0.15) is 4.98 Å². The minimum absolute atomic E-state index is 0.0540. The predicted molar refractivity (Wildman–Crippen MR) is 91.3 cm³/mol. The summed E-state index contributed by atoms with van der Waals surface area (Å²) < 4.78 is 24.4. The highest BCUT2D eigenvalue weighted by Crippen LogP contribution is 2.31. The van der Waals surface area contributed by atoms with Crippen LogP contribution in [-0.4, -0.2) is 41.1 Å². The Morgan fingerprint density at radius 1 is 1.19 bits per heavy atom. The molecule has 4 rings (SSSR count). The second kappa shape index (κ2) is 6.59. The van der Waals surface area contributed by atoms with Crippen LogP contribution in [-0.2, 0) is 0 Å². The van der Waals surface area contributed by atoms with E-state index in [-0.39, 0.29) is 17.4 Å². The molecular weight excluding hydrogens is 337 g/mol. The maximum Gasteiger partial charge on any atom is 0.256 e. The zero-order valence-electron chi connectivity index (χ0n) is 14.1. The van der Waals surface area contributed by atoms with Gasteiger partial charge in [0.25, 0.3) is 5.91 Å². The van der Waals surface area contributed by atoms with Crippen LogP contribution in [0, 0.1) is 5.82 Å². The number of halogens is 1. The van der Waals surface area contributed by atoms with Crippen molar-refractivity contribution in [3.63, 3.8) is 0 Å². The van der Waals surface area contributed by atoms with Gasteiger partial charge in [0.2, 0.25) is 11.7 Å². The lowest BCUT2D eigenvalue weighted by Crippen LogP contribution is -2.48. The Kier molecular flexibility index (Phi) is 4.12. The number of carbonyl (C=O) groups excluding carboxylic acids is 1. The molecule has 0 atom stereocenters. The van der Waals surface area contributed by atoms with Crippen LogP contribution in [0.25, 0.3) is 11.4 Å². The average molecular weight is 353 g/mol. The Hall–Kier alpha value is -3.22. The van der Waals surface area contributed by atoms with Crippen LogP contribution in [0.2, 0.25) is 0 Å². The van der Waals surface area contributed by atoms with Crippen molar-refractivity contribution in [2.24, 2.45) is 0 Å². The van der Waals surface area contributed by atoms with Crippen molar-refractivity contribution in [1.29, 1.82) is 0 Å². The monoisotopic (exact) mass is 353 g/mol. The second-order valence-corrected chi connectivity index (χ2v) is 6.04. The number of rotatable bonds is 4. The first kappa shape index (κ1) is 16.3. The molecule has 6 nitrogen and oxygen atoms in total. The Morgan fingerprint density at radius 3 is 2.69 bits per heavy atom. The standard InChI is InChI=1S/C19H16FN3O3/c1-25-16-9-5-3-7-14(16)17-21-18(26-22-17)12-10-23(11-12)19(24)13-6-2-4-8-15(13)20/h2-9,12H,10-11H2,1H3. The molecule has 1 aromatic heterocycles. The first-order chi connectivity index (χ1) is 12.7. The fourth-order valence-electron chi connectivity index (χ4n) is 2.95. The van der Waals surface area contributed by atoms with Crippen molar-refractivity contribution in [2.45, 2.75) is 5.92 Å². The molecule has 132 valence electrons. The molecule has 0 bridgehead atoms. The van der Waals surface area contributed by atoms with Crippen LogP contribution in [0.4, 0.5) is 4.39 Å². The van der Waals surface area contributed by atoms with E-state index in [2.05, 4.69) is 10.1 Å². The van der Waals surface area contributed by atoms with E-state index >= 15 is 0 Å². The van der Waals surface area contributed by atoms with Gasteiger partial charge in [0.05, 0.1) is 24.2 Å². The number of nitrogens with zero attached hydrogens (tertiary/aromatic N) is 3. The number of amides is 1. The van der Waals surface area contributed by atoms with Gasteiger partial charge in [0, 0.05) is 13.1 Å². The summed E-state index contributed by atoms with van der Waals surface area (Å²) in [4.78, 5) is 18.3. The summed E-state index contributed by atoms with van der Waals surface area (Å²) in [5, 5.41) is 4.01. The molecule has 0 radical (unpaired) electrons. The van der Waals surface area contributed by atoms with Gasteiger partial charge in [0.1, 0.15) is 11.6 Å². The number of para-hydroxylation sites is 1. The summed E-state index contributed by atoms with van der Waals surface area (Å²) in [6.45, 7) is 0.835. The number of likely N-dealkylation sites (tertiary alicyclic amines) is 1. The zero-order valence-corrected chi connectivity index (χ0v) is 14.1. The predicted octanol–water partition coefficient (Wildman–Crippen LogP) is 3.12. The van der Waals surface area contributed by atoms with Crippen molar-refractivity contribution in [1.82, 2.24) is 15.0 Å². The molecule has 26 heavy (non-hydrogen) atoms. The van der Waals surface area contributed by atoms with Gasteiger partial charge in [-0.15, -0.1) is 0 Å². The maximum absolute atomic E-state index is 13.7. The molecule has 3 aromatic rings. The minimum Gasteiger partial charge on any atom is -0.496 e. The molecule has 7 heteroatoms. The summed E-state index contributed by atoms with van der Waals surface area (Å²) in [5.74, 6) is 0.660. The Labute approximate surface area is 149 Å². The molecule has 1 aliphatic rings. The van der Waals surface area contributed by atoms with Gasteiger partial charge < -0.3 is 14.2 Å². The van der Waals surface area contributed by atoms with Crippen molar-refractivity contribution in [3.8, 4) is 17.1 Å². The molecule has 0 spiro atoms. The summed E-state index contributed by atoms with van der Waals surface area (Å²) in [6.07, 6.45) is 0. The second-order valence-electron chi connectivity index (χ2n) is 6.04. The number of ether oxygens (including phenoxy) is 1. The van der Waals surface area contributed by atoms with E-state index in [0.717, 1.165) is 5.56 Å². The smallest absolute Gasteiger partial charge is 0.256 e. The summed E-state index contributed by atoms with van der Waals surface area (Å²) in [7, 11) is 1.58. The van der Waals surface area contributed by atoms with Gasteiger partial charge >= 0.3 is 0 Å². The Balaban J connectivity index is 1.46. The van der Waals surface area contributed by atoms with Crippen molar-refractivity contribution in [3.05, 3.63) is 65.8 Å².